The Morgan fingerprint density at radius 2 is 1.96 bits per heavy atom. The van der Waals surface area contributed by atoms with Gasteiger partial charge in [-0.3, -0.25) is 9.59 Å². The lowest BCUT2D eigenvalue weighted by molar-refractivity contribution is -0.121. The maximum absolute atomic E-state index is 12.7. The maximum atomic E-state index is 12.7. The van der Waals surface area contributed by atoms with Crippen LogP contribution >= 0.6 is 11.6 Å². The number of likely N-dealkylation sites (N-methyl/N-ethyl adjacent to an activating group) is 2. The summed E-state index contributed by atoms with van der Waals surface area (Å²) in [5, 5.41) is 2.99. The highest BCUT2D eigenvalue weighted by Gasteiger charge is 2.21. The van der Waals surface area contributed by atoms with Crippen LogP contribution in [0.25, 0.3) is 0 Å². The highest BCUT2D eigenvalue weighted by atomic mass is 35.5. The molecule has 1 N–H and O–H groups in total. The first-order chi connectivity index (χ1) is 11.5. The smallest absolute Gasteiger partial charge is 0.254 e. The van der Waals surface area contributed by atoms with Crippen molar-refractivity contribution < 1.29 is 19.1 Å². The molecular weight excluding hydrogens is 332 g/mol. The summed E-state index contributed by atoms with van der Waals surface area (Å²) in [6, 6.07) is 3.12. The van der Waals surface area contributed by atoms with Gasteiger partial charge in [-0.2, -0.15) is 0 Å². The molecule has 1 aromatic carbocycles. The Balaban J connectivity index is 3.04. The Morgan fingerprint density at radius 3 is 2.50 bits per heavy atom. The van der Waals surface area contributed by atoms with E-state index in [9.17, 15) is 9.59 Å². The van der Waals surface area contributed by atoms with Crippen LogP contribution in [0.3, 0.4) is 0 Å². The van der Waals surface area contributed by atoms with Gasteiger partial charge in [-0.15, -0.1) is 0 Å². The van der Waals surface area contributed by atoms with Crippen LogP contribution in [-0.2, 0) is 4.79 Å². The molecule has 7 heteroatoms. The highest BCUT2D eigenvalue weighted by molar-refractivity contribution is 6.32. The van der Waals surface area contributed by atoms with E-state index in [4.69, 9.17) is 21.1 Å². The largest absolute Gasteiger partial charge is 0.493 e. The summed E-state index contributed by atoms with van der Waals surface area (Å²) in [5.41, 5.74) is 0.354. The average molecular weight is 357 g/mol. The van der Waals surface area contributed by atoms with E-state index >= 15 is 0 Å². The van der Waals surface area contributed by atoms with Gasteiger partial charge in [0.15, 0.2) is 11.5 Å². The van der Waals surface area contributed by atoms with Gasteiger partial charge in [0.1, 0.15) is 0 Å². The molecule has 0 aliphatic carbocycles. The fraction of sp³-hybridized carbons (Fsp3) is 0.529. The second kappa shape index (κ2) is 10.0. The molecule has 134 valence electrons. The summed E-state index contributed by atoms with van der Waals surface area (Å²) in [5.74, 6) is 0.331. The quantitative estimate of drug-likeness (QED) is 0.738. The Kier molecular flexibility index (Phi) is 8.40. The molecule has 2 amide bonds. The van der Waals surface area contributed by atoms with Gasteiger partial charge < -0.3 is 19.7 Å². The molecule has 0 spiro atoms. The molecule has 6 nitrogen and oxygen atoms in total. The van der Waals surface area contributed by atoms with Crippen molar-refractivity contribution in [3.63, 3.8) is 0 Å². The van der Waals surface area contributed by atoms with E-state index in [0.717, 1.165) is 6.42 Å². The fourth-order valence-corrected chi connectivity index (χ4v) is 2.39. The molecule has 0 radical (unpaired) electrons. The van der Waals surface area contributed by atoms with Gasteiger partial charge in [0.2, 0.25) is 5.91 Å². The summed E-state index contributed by atoms with van der Waals surface area (Å²) in [6.45, 7) is 7.06. The second-order valence-corrected chi connectivity index (χ2v) is 5.52. The minimum Gasteiger partial charge on any atom is -0.493 e. The molecule has 0 saturated carbocycles. The minimum absolute atomic E-state index is 0.00278. The number of rotatable bonds is 9. The first-order valence-corrected chi connectivity index (χ1v) is 8.42. The zero-order valence-electron chi connectivity index (χ0n) is 14.6. The van der Waals surface area contributed by atoms with Crippen LogP contribution in [0.15, 0.2) is 12.1 Å². The fourth-order valence-electron chi connectivity index (χ4n) is 2.12. The van der Waals surface area contributed by atoms with Crippen LogP contribution in [0.1, 0.15) is 37.6 Å². The molecule has 0 aliphatic rings. The van der Waals surface area contributed by atoms with Crippen molar-refractivity contribution in [2.75, 3.05) is 33.4 Å². The first kappa shape index (κ1) is 20.1. The molecule has 0 fully saturated rings. The number of nitrogens with one attached hydrogen (secondary N) is 1. The molecule has 0 heterocycles. The number of hydrogen-bond donors (Lipinski definition) is 1. The Morgan fingerprint density at radius 1 is 1.25 bits per heavy atom. The third-order valence-electron chi connectivity index (χ3n) is 3.30. The molecule has 0 saturated heterocycles. The average Bonchev–Trinajstić information content (AvgIpc) is 2.57. The number of methoxy groups -OCH3 is 1. The van der Waals surface area contributed by atoms with Crippen LogP contribution in [0.4, 0.5) is 0 Å². The third-order valence-corrected chi connectivity index (χ3v) is 3.59. The van der Waals surface area contributed by atoms with E-state index < -0.39 is 0 Å². The van der Waals surface area contributed by atoms with Crippen molar-refractivity contribution in [2.45, 2.75) is 27.2 Å². The number of nitrogens with zero attached hydrogens (tertiary/aromatic N) is 1. The summed E-state index contributed by atoms with van der Waals surface area (Å²) >= 11 is 6.24. The van der Waals surface area contributed by atoms with Crippen molar-refractivity contribution in [1.82, 2.24) is 10.2 Å². The number of halogens is 1. The van der Waals surface area contributed by atoms with Crippen molar-refractivity contribution in [1.29, 1.82) is 0 Å². The molecule has 1 aromatic rings. The van der Waals surface area contributed by atoms with Gasteiger partial charge in [-0.05, 0) is 32.4 Å². The van der Waals surface area contributed by atoms with E-state index in [1.54, 1.807) is 6.07 Å². The predicted octanol–water partition coefficient (Wildman–Crippen LogP) is 2.74. The topological polar surface area (TPSA) is 67.9 Å². The van der Waals surface area contributed by atoms with Gasteiger partial charge in [0, 0.05) is 18.7 Å². The Bertz CT molecular complexity index is 578. The van der Waals surface area contributed by atoms with E-state index in [2.05, 4.69) is 5.32 Å². The van der Waals surface area contributed by atoms with Crippen LogP contribution in [0, 0.1) is 0 Å². The van der Waals surface area contributed by atoms with Gasteiger partial charge >= 0.3 is 0 Å². The lowest BCUT2D eigenvalue weighted by atomic mass is 10.1. The standard InChI is InChI=1S/C17H25ClN2O4/c1-5-8-24-16-13(18)9-12(10-14(16)23-4)17(22)20(7-3)11-15(21)19-6-2/h9-10H,5-8,11H2,1-4H3,(H,19,21). The molecule has 0 atom stereocenters. The van der Waals surface area contributed by atoms with Gasteiger partial charge in [-0.1, -0.05) is 18.5 Å². The maximum Gasteiger partial charge on any atom is 0.254 e. The van der Waals surface area contributed by atoms with Crippen LogP contribution < -0.4 is 14.8 Å². The van der Waals surface area contributed by atoms with Gasteiger partial charge in [0.25, 0.3) is 5.91 Å². The van der Waals surface area contributed by atoms with E-state index in [1.165, 1.54) is 18.1 Å². The molecule has 0 aliphatic heterocycles. The molecule has 1 rings (SSSR count). The number of carbonyl (C=O) groups excluding carboxylic acids is 2. The zero-order valence-corrected chi connectivity index (χ0v) is 15.4. The second-order valence-electron chi connectivity index (χ2n) is 5.11. The monoisotopic (exact) mass is 356 g/mol. The number of carbonyl (C=O) groups is 2. The molecule has 0 bridgehead atoms. The van der Waals surface area contributed by atoms with Crippen molar-refractivity contribution in [2.24, 2.45) is 0 Å². The zero-order chi connectivity index (χ0) is 18.1. The van der Waals surface area contributed by atoms with Crippen molar-refractivity contribution in [3.8, 4) is 11.5 Å². The molecule has 0 aromatic heterocycles. The van der Waals surface area contributed by atoms with E-state index in [-0.39, 0.29) is 18.4 Å². The molecule has 24 heavy (non-hydrogen) atoms. The summed E-state index contributed by atoms with van der Waals surface area (Å²) in [4.78, 5) is 25.8. The van der Waals surface area contributed by atoms with Crippen LogP contribution in [-0.4, -0.2) is 50.1 Å². The normalized spacial score (nSPS) is 10.2. The van der Waals surface area contributed by atoms with Crippen LogP contribution in [0.2, 0.25) is 5.02 Å². The number of ether oxygens (including phenoxy) is 2. The third kappa shape index (κ3) is 5.30. The van der Waals surface area contributed by atoms with E-state index in [1.807, 2.05) is 20.8 Å². The van der Waals surface area contributed by atoms with E-state index in [0.29, 0.717) is 41.8 Å². The predicted molar refractivity (Wildman–Crippen MR) is 94.1 cm³/mol. The minimum atomic E-state index is -0.286. The van der Waals surface area contributed by atoms with Gasteiger partial charge in [0.05, 0.1) is 25.3 Å². The Hall–Kier alpha value is -1.95. The number of benzene rings is 1. The van der Waals surface area contributed by atoms with Crippen LogP contribution in [0.5, 0.6) is 11.5 Å². The Labute approximate surface area is 148 Å². The highest BCUT2D eigenvalue weighted by Crippen LogP contribution is 2.36. The lowest BCUT2D eigenvalue weighted by Crippen LogP contribution is -2.40. The molecular formula is C17H25ClN2O4. The summed E-state index contributed by atoms with van der Waals surface area (Å²) < 4.78 is 10.9. The van der Waals surface area contributed by atoms with Crippen molar-refractivity contribution in [3.05, 3.63) is 22.7 Å². The van der Waals surface area contributed by atoms with Gasteiger partial charge in [-0.25, -0.2) is 0 Å². The summed E-state index contributed by atoms with van der Waals surface area (Å²) in [6.07, 6.45) is 0.830. The van der Waals surface area contributed by atoms with Crippen molar-refractivity contribution >= 4 is 23.4 Å². The summed E-state index contributed by atoms with van der Waals surface area (Å²) in [7, 11) is 1.49. The molecule has 0 unspecified atom stereocenters. The first-order valence-electron chi connectivity index (χ1n) is 8.04. The number of amides is 2. The number of hydrogen-bond acceptors (Lipinski definition) is 4. The lowest BCUT2D eigenvalue weighted by Gasteiger charge is -2.21. The SMILES string of the molecule is CCCOc1c(Cl)cc(C(=O)N(CC)CC(=O)NCC)cc1OC.